The third-order valence-electron chi connectivity index (χ3n) is 2.50. The maximum atomic E-state index is 13.3. The van der Waals surface area contributed by atoms with Gasteiger partial charge in [-0.05, 0) is 24.3 Å². The Morgan fingerprint density at radius 2 is 2.00 bits per heavy atom. The molecular weight excluding hydrogens is 271 g/mol. The average Bonchev–Trinajstić information content (AvgIpc) is 2.40. The van der Waals surface area contributed by atoms with Crippen molar-refractivity contribution in [3.8, 4) is 5.75 Å². The molecule has 0 fully saturated rings. The molecule has 0 aromatic heterocycles. The first-order valence-corrected chi connectivity index (χ1v) is 5.85. The van der Waals surface area contributed by atoms with Crippen LogP contribution >= 0.6 is 11.6 Å². The number of phenols is 1. The number of esters is 1. The summed E-state index contributed by atoms with van der Waals surface area (Å²) < 4.78 is 18.3. The molecule has 0 amide bonds. The predicted molar refractivity (Wildman–Crippen MR) is 68.6 cm³/mol. The van der Waals surface area contributed by atoms with Gasteiger partial charge in [0, 0.05) is 10.6 Å². The summed E-state index contributed by atoms with van der Waals surface area (Å²) in [6.45, 7) is -0.211. The SMILES string of the molecule is O=C(OCc1ccccc1F)c1cc(Cl)ccc1O. The molecule has 0 aliphatic carbocycles. The Balaban J connectivity index is 2.10. The monoisotopic (exact) mass is 280 g/mol. The quantitative estimate of drug-likeness (QED) is 0.875. The highest BCUT2D eigenvalue weighted by atomic mass is 35.5. The zero-order chi connectivity index (χ0) is 13.8. The first-order valence-electron chi connectivity index (χ1n) is 5.47. The summed E-state index contributed by atoms with van der Waals surface area (Å²) in [5.41, 5.74) is 0.209. The number of carbonyl (C=O) groups is 1. The second-order valence-electron chi connectivity index (χ2n) is 3.83. The largest absolute Gasteiger partial charge is 0.507 e. The summed E-state index contributed by atoms with van der Waals surface area (Å²) in [4.78, 5) is 11.7. The summed E-state index contributed by atoms with van der Waals surface area (Å²) in [7, 11) is 0. The van der Waals surface area contributed by atoms with E-state index in [2.05, 4.69) is 0 Å². The summed E-state index contributed by atoms with van der Waals surface area (Å²) in [5, 5.41) is 9.83. The van der Waals surface area contributed by atoms with Crippen molar-refractivity contribution in [1.82, 2.24) is 0 Å². The average molecular weight is 281 g/mol. The zero-order valence-electron chi connectivity index (χ0n) is 9.77. The number of ether oxygens (including phenoxy) is 1. The number of carbonyl (C=O) groups excluding carboxylic acids is 1. The lowest BCUT2D eigenvalue weighted by Gasteiger charge is -2.07. The standard InChI is InChI=1S/C14H10ClFO3/c15-10-5-6-13(17)11(7-10)14(18)19-8-9-3-1-2-4-12(9)16/h1-7,17H,8H2. The zero-order valence-corrected chi connectivity index (χ0v) is 10.5. The van der Waals surface area contributed by atoms with Gasteiger partial charge < -0.3 is 9.84 Å². The van der Waals surface area contributed by atoms with Crippen LogP contribution in [0.2, 0.25) is 5.02 Å². The minimum Gasteiger partial charge on any atom is -0.507 e. The Hall–Kier alpha value is -2.07. The van der Waals surface area contributed by atoms with Crippen LogP contribution in [0.5, 0.6) is 5.75 Å². The van der Waals surface area contributed by atoms with Crippen molar-refractivity contribution >= 4 is 17.6 Å². The van der Waals surface area contributed by atoms with Gasteiger partial charge in [-0.25, -0.2) is 9.18 Å². The van der Waals surface area contributed by atoms with E-state index in [1.54, 1.807) is 12.1 Å². The molecule has 0 radical (unpaired) electrons. The van der Waals surface area contributed by atoms with Crippen molar-refractivity contribution in [2.24, 2.45) is 0 Å². The lowest BCUT2D eigenvalue weighted by molar-refractivity contribution is 0.0465. The number of phenolic OH excluding ortho intramolecular Hbond substituents is 1. The first kappa shape index (κ1) is 13.4. The Kier molecular flexibility index (Phi) is 4.02. The molecule has 2 aromatic rings. The van der Waals surface area contributed by atoms with E-state index in [-0.39, 0.29) is 23.5 Å². The van der Waals surface area contributed by atoms with E-state index < -0.39 is 11.8 Å². The molecule has 5 heteroatoms. The molecule has 0 atom stereocenters. The second kappa shape index (κ2) is 5.71. The van der Waals surface area contributed by atoms with Gasteiger partial charge in [-0.3, -0.25) is 0 Å². The third-order valence-corrected chi connectivity index (χ3v) is 2.73. The number of hydrogen-bond acceptors (Lipinski definition) is 3. The number of rotatable bonds is 3. The van der Waals surface area contributed by atoms with E-state index >= 15 is 0 Å². The molecule has 0 unspecified atom stereocenters. The van der Waals surface area contributed by atoms with Crippen LogP contribution in [0.15, 0.2) is 42.5 Å². The van der Waals surface area contributed by atoms with Crippen LogP contribution in [-0.4, -0.2) is 11.1 Å². The molecule has 0 aliphatic rings. The van der Waals surface area contributed by atoms with Gasteiger partial charge in [0.2, 0.25) is 0 Å². The number of halogens is 2. The fraction of sp³-hybridized carbons (Fsp3) is 0.0714. The molecule has 0 bridgehead atoms. The van der Waals surface area contributed by atoms with E-state index in [9.17, 15) is 14.3 Å². The Bertz CT molecular complexity index is 613. The van der Waals surface area contributed by atoms with Gasteiger partial charge in [0.1, 0.15) is 23.7 Å². The summed E-state index contributed by atoms with van der Waals surface area (Å²) in [5.74, 6) is -1.45. The molecule has 1 N–H and O–H groups in total. The predicted octanol–water partition coefficient (Wildman–Crippen LogP) is 3.54. The molecule has 0 saturated carbocycles. The highest BCUT2D eigenvalue weighted by Gasteiger charge is 2.14. The minimum atomic E-state index is -0.761. The molecule has 0 saturated heterocycles. The van der Waals surface area contributed by atoms with Crippen molar-refractivity contribution in [2.75, 3.05) is 0 Å². The van der Waals surface area contributed by atoms with E-state index in [4.69, 9.17) is 16.3 Å². The lowest BCUT2D eigenvalue weighted by Crippen LogP contribution is -2.06. The van der Waals surface area contributed by atoms with Gasteiger partial charge in [-0.2, -0.15) is 0 Å². The smallest absolute Gasteiger partial charge is 0.342 e. The highest BCUT2D eigenvalue weighted by Crippen LogP contribution is 2.22. The van der Waals surface area contributed by atoms with Gasteiger partial charge in [0.25, 0.3) is 0 Å². The first-order chi connectivity index (χ1) is 9.08. The van der Waals surface area contributed by atoms with Gasteiger partial charge in [0.15, 0.2) is 0 Å². The minimum absolute atomic E-state index is 0.0520. The topological polar surface area (TPSA) is 46.5 Å². The lowest BCUT2D eigenvalue weighted by atomic mass is 10.2. The molecule has 2 aromatic carbocycles. The maximum Gasteiger partial charge on any atom is 0.342 e. The van der Waals surface area contributed by atoms with Crippen LogP contribution in [0.25, 0.3) is 0 Å². The fourth-order valence-electron chi connectivity index (χ4n) is 1.51. The summed E-state index contributed by atoms with van der Waals surface area (Å²) in [6.07, 6.45) is 0. The van der Waals surface area contributed by atoms with Crippen molar-refractivity contribution < 1.29 is 19.0 Å². The number of aromatic hydroxyl groups is 1. The van der Waals surface area contributed by atoms with E-state index in [1.807, 2.05) is 0 Å². The number of benzene rings is 2. The molecule has 0 spiro atoms. The van der Waals surface area contributed by atoms with Crippen molar-refractivity contribution in [3.05, 3.63) is 64.4 Å². The van der Waals surface area contributed by atoms with E-state index in [1.165, 1.54) is 30.3 Å². The van der Waals surface area contributed by atoms with Crippen LogP contribution in [0.3, 0.4) is 0 Å². The Labute approximate surface area is 114 Å². The van der Waals surface area contributed by atoms with Gasteiger partial charge >= 0.3 is 5.97 Å². The van der Waals surface area contributed by atoms with Gasteiger partial charge in [-0.15, -0.1) is 0 Å². The van der Waals surface area contributed by atoms with Crippen LogP contribution < -0.4 is 0 Å². The molecule has 3 nitrogen and oxygen atoms in total. The molecular formula is C14H10ClFO3. The van der Waals surface area contributed by atoms with Gasteiger partial charge in [0.05, 0.1) is 0 Å². The van der Waals surface area contributed by atoms with Crippen LogP contribution in [0.4, 0.5) is 4.39 Å². The van der Waals surface area contributed by atoms with Crippen molar-refractivity contribution in [3.63, 3.8) is 0 Å². The third kappa shape index (κ3) is 3.23. The Morgan fingerprint density at radius 1 is 1.26 bits per heavy atom. The van der Waals surface area contributed by atoms with Crippen LogP contribution in [0.1, 0.15) is 15.9 Å². The van der Waals surface area contributed by atoms with Crippen molar-refractivity contribution in [1.29, 1.82) is 0 Å². The summed E-state index contributed by atoms with van der Waals surface area (Å²) in [6, 6.07) is 10.0. The number of hydrogen-bond donors (Lipinski definition) is 1. The normalized spacial score (nSPS) is 10.2. The van der Waals surface area contributed by atoms with Crippen LogP contribution in [-0.2, 0) is 11.3 Å². The second-order valence-corrected chi connectivity index (χ2v) is 4.27. The summed E-state index contributed by atoms with van der Waals surface area (Å²) >= 11 is 5.72. The molecule has 0 aliphatic heterocycles. The molecule has 2 rings (SSSR count). The highest BCUT2D eigenvalue weighted by molar-refractivity contribution is 6.31. The fourth-order valence-corrected chi connectivity index (χ4v) is 1.68. The van der Waals surface area contributed by atoms with E-state index in [0.29, 0.717) is 5.02 Å². The molecule has 98 valence electrons. The van der Waals surface area contributed by atoms with E-state index in [0.717, 1.165) is 0 Å². The van der Waals surface area contributed by atoms with Gasteiger partial charge in [-0.1, -0.05) is 29.8 Å². The van der Waals surface area contributed by atoms with Crippen molar-refractivity contribution in [2.45, 2.75) is 6.61 Å². The van der Waals surface area contributed by atoms with Crippen LogP contribution in [0, 0.1) is 5.82 Å². The molecule has 0 heterocycles. The maximum absolute atomic E-state index is 13.3. The Morgan fingerprint density at radius 3 is 2.74 bits per heavy atom. The molecule has 19 heavy (non-hydrogen) atoms.